The Morgan fingerprint density at radius 1 is 1.22 bits per heavy atom. The summed E-state index contributed by atoms with van der Waals surface area (Å²) in [7, 11) is 0. The first-order chi connectivity index (χ1) is 11.0. The number of carbonyl (C=O) groups is 1. The minimum absolute atomic E-state index is 0.179. The van der Waals surface area contributed by atoms with Crippen molar-refractivity contribution < 1.29 is 9.90 Å². The molecule has 0 saturated heterocycles. The van der Waals surface area contributed by atoms with Gasteiger partial charge in [-0.2, -0.15) is 5.10 Å². The predicted molar refractivity (Wildman–Crippen MR) is 89.1 cm³/mol. The van der Waals surface area contributed by atoms with E-state index in [0.717, 1.165) is 23.4 Å². The summed E-state index contributed by atoms with van der Waals surface area (Å²) >= 11 is 5.93. The van der Waals surface area contributed by atoms with Gasteiger partial charge in [0.2, 0.25) is 0 Å². The van der Waals surface area contributed by atoms with E-state index in [1.807, 2.05) is 32.0 Å². The van der Waals surface area contributed by atoms with Gasteiger partial charge in [-0.3, -0.25) is 0 Å². The third-order valence-corrected chi connectivity index (χ3v) is 4.04. The fraction of sp³-hybridized carbons (Fsp3) is 0.235. The molecule has 1 N–H and O–H groups in total. The zero-order chi connectivity index (χ0) is 16.6. The molecule has 2 heterocycles. The molecule has 23 heavy (non-hydrogen) atoms. The van der Waals surface area contributed by atoms with E-state index in [9.17, 15) is 9.90 Å². The molecule has 3 rings (SSSR count). The molecule has 0 amide bonds. The molecule has 0 radical (unpaired) electrons. The van der Waals surface area contributed by atoms with Gasteiger partial charge < -0.3 is 5.11 Å². The average Bonchev–Trinajstić information content (AvgIpc) is 2.93. The van der Waals surface area contributed by atoms with Crippen molar-refractivity contribution >= 4 is 23.2 Å². The topological polar surface area (TPSA) is 67.5 Å². The van der Waals surface area contributed by atoms with E-state index in [2.05, 4.69) is 10.1 Å². The van der Waals surface area contributed by atoms with Crippen molar-refractivity contribution in [2.24, 2.45) is 0 Å². The zero-order valence-electron chi connectivity index (χ0n) is 12.9. The molecule has 1 aromatic carbocycles. The third-order valence-electron chi connectivity index (χ3n) is 3.79. The number of aromatic carboxylic acids is 1. The van der Waals surface area contributed by atoms with Crippen LogP contribution >= 0.6 is 11.6 Å². The molecule has 0 aliphatic heterocycles. The van der Waals surface area contributed by atoms with Crippen molar-refractivity contribution in [3.8, 4) is 11.3 Å². The number of rotatable bonds is 4. The van der Waals surface area contributed by atoms with Crippen LogP contribution in [0.15, 0.2) is 30.3 Å². The maximum atomic E-state index is 11.6. The highest BCUT2D eigenvalue weighted by Gasteiger charge is 2.21. The number of halogens is 1. The third kappa shape index (κ3) is 2.68. The van der Waals surface area contributed by atoms with Crippen molar-refractivity contribution in [1.29, 1.82) is 0 Å². The zero-order valence-corrected chi connectivity index (χ0v) is 13.6. The van der Waals surface area contributed by atoms with Crippen LogP contribution in [0, 0.1) is 0 Å². The standard InChI is InChI=1S/C17H16ClN3O2/c1-3-12-9-14(10-5-7-11(18)8-6-10)19-16-15(17(22)23)13(4-2)20-21(12)16/h5-9H,3-4H2,1-2H3,(H,22,23). The first-order valence-corrected chi connectivity index (χ1v) is 7.83. The molecule has 118 valence electrons. The van der Waals surface area contributed by atoms with Crippen LogP contribution in [0.3, 0.4) is 0 Å². The molecule has 0 saturated carbocycles. The van der Waals surface area contributed by atoms with E-state index in [1.54, 1.807) is 16.6 Å². The SMILES string of the molecule is CCc1nn2c(CC)cc(-c3ccc(Cl)cc3)nc2c1C(=O)O. The van der Waals surface area contributed by atoms with E-state index in [4.69, 9.17) is 11.6 Å². The summed E-state index contributed by atoms with van der Waals surface area (Å²) in [6.07, 6.45) is 1.27. The van der Waals surface area contributed by atoms with Gasteiger partial charge >= 0.3 is 5.97 Å². The van der Waals surface area contributed by atoms with E-state index in [-0.39, 0.29) is 5.56 Å². The number of nitrogens with zero attached hydrogens (tertiary/aromatic N) is 3. The molecule has 2 aromatic heterocycles. The molecule has 0 aliphatic rings. The molecule has 0 bridgehead atoms. The van der Waals surface area contributed by atoms with Crippen LogP contribution in [0.1, 0.15) is 35.6 Å². The Morgan fingerprint density at radius 2 is 1.91 bits per heavy atom. The number of aromatic nitrogens is 3. The quantitative estimate of drug-likeness (QED) is 0.789. The van der Waals surface area contributed by atoms with Gasteiger partial charge in [0.15, 0.2) is 5.65 Å². The normalized spacial score (nSPS) is 11.1. The van der Waals surface area contributed by atoms with Crippen LogP contribution in [-0.4, -0.2) is 25.7 Å². The number of hydrogen-bond donors (Lipinski definition) is 1. The predicted octanol–water partition coefficient (Wildman–Crippen LogP) is 3.87. The summed E-state index contributed by atoms with van der Waals surface area (Å²) < 4.78 is 1.64. The molecular weight excluding hydrogens is 314 g/mol. The van der Waals surface area contributed by atoms with Gasteiger partial charge in [-0.1, -0.05) is 37.6 Å². The average molecular weight is 330 g/mol. The van der Waals surface area contributed by atoms with E-state index in [0.29, 0.717) is 22.8 Å². The fourth-order valence-electron chi connectivity index (χ4n) is 2.61. The van der Waals surface area contributed by atoms with Gasteiger partial charge in [-0.15, -0.1) is 0 Å². The Morgan fingerprint density at radius 3 is 2.48 bits per heavy atom. The van der Waals surface area contributed by atoms with Crippen molar-refractivity contribution in [3.05, 3.63) is 52.3 Å². The summed E-state index contributed by atoms with van der Waals surface area (Å²) in [5.41, 5.74) is 3.64. The molecule has 5 nitrogen and oxygen atoms in total. The molecular formula is C17H16ClN3O2. The maximum absolute atomic E-state index is 11.6. The second-order valence-corrected chi connectivity index (χ2v) is 5.65. The lowest BCUT2D eigenvalue weighted by atomic mass is 10.1. The van der Waals surface area contributed by atoms with Crippen molar-refractivity contribution in [3.63, 3.8) is 0 Å². The van der Waals surface area contributed by atoms with Crippen molar-refractivity contribution in [1.82, 2.24) is 14.6 Å². The summed E-state index contributed by atoms with van der Waals surface area (Å²) in [4.78, 5) is 16.2. The summed E-state index contributed by atoms with van der Waals surface area (Å²) in [5.74, 6) is -1.00. The Labute approximate surface area is 138 Å². The van der Waals surface area contributed by atoms with Crippen LogP contribution in [-0.2, 0) is 12.8 Å². The Hall–Kier alpha value is -2.40. The maximum Gasteiger partial charge on any atom is 0.341 e. The van der Waals surface area contributed by atoms with Gasteiger partial charge in [0, 0.05) is 16.3 Å². The summed E-state index contributed by atoms with van der Waals surface area (Å²) in [6, 6.07) is 9.27. The smallest absolute Gasteiger partial charge is 0.341 e. The van der Waals surface area contributed by atoms with Crippen molar-refractivity contribution in [2.75, 3.05) is 0 Å². The number of carboxylic acids is 1. The number of fused-ring (bicyclic) bond motifs is 1. The first kappa shape index (κ1) is 15.5. The van der Waals surface area contributed by atoms with Crippen LogP contribution in [0.2, 0.25) is 5.02 Å². The highest BCUT2D eigenvalue weighted by Crippen LogP contribution is 2.25. The van der Waals surface area contributed by atoms with Crippen LogP contribution in [0.5, 0.6) is 0 Å². The lowest BCUT2D eigenvalue weighted by Crippen LogP contribution is -2.03. The molecule has 0 atom stereocenters. The number of carboxylic acid groups (broad SMARTS) is 1. The lowest BCUT2D eigenvalue weighted by molar-refractivity contribution is 0.0697. The van der Waals surface area contributed by atoms with Crippen LogP contribution in [0.25, 0.3) is 16.9 Å². The molecule has 3 aromatic rings. The van der Waals surface area contributed by atoms with Gasteiger partial charge in [0.1, 0.15) is 5.56 Å². The van der Waals surface area contributed by atoms with Crippen LogP contribution in [0.4, 0.5) is 0 Å². The fourth-order valence-corrected chi connectivity index (χ4v) is 2.73. The second kappa shape index (κ2) is 6.01. The second-order valence-electron chi connectivity index (χ2n) is 5.21. The van der Waals surface area contributed by atoms with Gasteiger partial charge in [-0.25, -0.2) is 14.3 Å². The minimum Gasteiger partial charge on any atom is -0.477 e. The lowest BCUT2D eigenvalue weighted by Gasteiger charge is -2.07. The highest BCUT2D eigenvalue weighted by atomic mass is 35.5. The first-order valence-electron chi connectivity index (χ1n) is 7.45. The Balaban J connectivity index is 2.31. The minimum atomic E-state index is -1.00. The van der Waals surface area contributed by atoms with E-state index >= 15 is 0 Å². The molecule has 0 fully saturated rings. The van der Waals surface area contributed by atoms with Gasteiger partial charge in [0.05, 0.1) is 11.4 Å². The monoisotopic (exact) mass is 329 g/mol. The molecule has 0 unspecified atom stereocenters. The largest absolute Gasteiger partial charge is 0.477 e. The van der Waals surface area contributed by atoms with Gasteiger partial charge in [0.25, 0.3) is 0 Å². The van der Waals surface area contributed by atoms with Crippen molar-refractivity contribution in [2.45, 2.75) is 26.7 Å². The summed E-state index contributed by atoms with van der Waals surface area (Å²) in [6.45, 7) is 3.90. The number of aryl methyl sites for hydroxylation is 2. The Bertz CT molecular complexity index is 885. The molecule has 6 heteroatoms. The van der Waals surface area contributed by atoms with Gasteiger partial charge in [-0.05, 0) is 31.0 Å². The highest BCUT2D eigenvalue weighted by molar-refractivity contribution is 6.30. The molecule has 0 spiro atoms. The summed E-state index contributed by atoms with van der Waals surface area (Å²) in [5, 5.41) is 14.6. The number of benzene rings is 1. The van der Waals surface area contributed by atoms with Crippen LogP contribution < -0.4 is 0 Å². The molecule has 0 aliphatic carbocycles. The van der Waals surface area contributed by atoms with E-state index < -0.39 is 5.97 Å². The Kier molecular flexibility index (Phi) is 4.05. The number of hydrogen-bond acceptors (Lipinski definition) is 3. The van der Waals surface area contributed by atoms with E-state index in [1.165, 1.54) is 0 Å².